The van der Waals surface area contributed by atoms with E-state index in [-0.39, 0.29) is 12.5 Å². The zero-order chi connectivity index (χ0) is 16.3. The van der Waals surface area contributed by atoms with Gasteiger partial charge in [0.15, 0.2) is 0 Å². The van der Waals surface area contributed by atoms with Crippen LogP contribution in [0.4, 0.5) is 5.82 Å². The van der Waals surface area contributed by atoms with Gasteiger partial charge in [-0.05, 0) is 12.8 Å². The van der Waals surface area contributed by atoms with E-state index in [2.05, 4.69) is 19.9 Å². The normalized spacial score (nSPS) is 21.2. The third kappa shape index (κ3) is 3.48. The Hall–Kier alpha value is -2.48. The number of carbonyl (C=O) groups excluding carboxylic acids is 1. The van der Waals surface area contributed by atoms with Gasteiger partial charge < -0.3 is 19.9 Å². The van der Waals surface area contributed by atoms with Crippen molar-refractivity contribution in [3.63, 3.8) is 0 Å². The molecule has 1 fully saturated rings. The van der Waals surface area contributed by atoms with Crippen LogP contribution in [-0.2, 0) is 0 Å². The number of aromatic amines is 1. The van der Waals surface area contributed by atoms with Gasteiger partial charge >= 0.3 is 0 Å². The first-order chi connectivity index (χ1) is 11.1. The third-order valence-corrected chi connectivity index (χ3v) is 4.04. The highest BCUT2D eigenvalue weighted by molar-refractivity contribution is 5.91. The molecule has 0 spiro atoms. The fourth-order valence-electron chi connectivity index (χ4n) is 2.98. The van der Waals surface area contributed by atoms with Crippen molar-refractivity contribution in [2.45, 2.75) is 18.4 Å². The van der Waals surface area contributed by atoms with Crippen molar-refractivity contribution in [1.29, 1.82) is 0 Å². The lowest BCUT2D eigenvalue weighted by Crippen LogP contribution is -2.55. The molecule has 1 aliphatic rings. The average Bonchev–Trinajstić information content (AvgIpc) is 3.09. The van der Waals surface area contributed by atoms with Crippen molar-refractivity contribution in [2.75, 3.05) is 31.6 Å². The Morgan fingerprint density at radius 3 is 3.00 bits per heavy atom. The van der Waals surface area contributed by atoms with E-state index in [4.69, 9.17) is 0 Å². The molecule has 8 nitrogen and oxygen atoms in total. The number of aliphatic hydroxyl groups is 1. The van der Waals surface area contributed by atoms with Crippen LogP contribution in [0.25, 0.3) is 0 Å². The van der Waals surface area contributed by atoms with Gasteiger partial charge in [-0.3, -0.25) is 9.78 Å². The molecule has 1 saturated heterocycles. The van der Waals surface area contributed by atoms with Crippen molar-refractivity contribution in [2.24, 2.45) is 0 Å². The van der Waals surface area contributed by atoms with E-state index in [1.165, 1.54) is 17.4 Å². The van der Waals surface area contributed by atoms with Crippen LogP contribution in [0.15, 0.2) is 31.1 Å². The number of nitrogens with zero attached hydrogens (tertiary/aromatic N) is 5. The van der Waals surface area contributed by atoms with E-state index in [1.54, 1.807) is 25.6 Å². The number of nitrogens with one attached hydrogen (secondary N) is 1. The van der Waals surface area contributed by atoms with Crippen LogP contribution in [0.1, 0.15) is 23.3 Å². The second kappa shape index (κ2) is 6.33. The first-order valence-electron chi connectivity index (χ1n) is 7.55. The lowest BCUT2D eigenvalue weighted by molar-refractivity contribution is -0.000276. The Balaban J connectivity index is 1.67. The first-order valence-corrected chi connectivity index (χ1v) is 7.55. The molecule has 3 heterocycles. The molecule has 1 aliphatic heterocycles. The number of hydrogen-bond donors (Lipinski definition) is 2. The molecule has 0 saturated carbocycles. The van der Waals surface area contributed by atoms with Crippen molar-refractivity contribution >= 4 is 11.7 Å². The number of H-pyrrole nitrogens is 1. The molecule has 23 heavy (non-hydrogen) atoms. The Kier molecular flexibility index (Phi) is 4.24. The number of hydrogen-bond acceptors (Lipinski definition) is 6. The lowest BCUT2D eigenvalue weighted by atomic mass is 9.92. The van der Waals surface area contributed by atoms with Gasteiger partial charge in [0.2, 0.25) is 0 Å². The van der Waals surface area contributed by atoms with Crippen molar-refractivity contribution in [3.05, 3.63) is 36.8 Å². The topological polar surface area (TPSA) is 98.2 Å². The molecular weight excluding hydrogens is 296 g/mol. The molecule has 2 aromatic rings. The summed E-state index contributed by atoms with van der Waals surface area (Å²) in [6, 6.07) is 0. The molecule has 2 N–H and O–H groups in total. The SMILES string of the molecule is CN(C[C@]1(O)CCCN(c2cnccn2)C1)C(=O)c1cnc[nH]1. The number of rotatable bonds is 4. The van der Waals surface area contributed by atoms with Crippen LogP contribution in [-0.4, -0.2) is 68.1 Å². The molecule has 2 aromatic heterocycles. The summed E-state index contributed by atoms with van der Waals surface area (Å²) < 4.78 is 0. The molecule has 0 radical (unpaired) electrons. The van der Waals surface area contributed by atoms with Gasteiger partial charge in [-0.25, -0.2) is 9.97 Å². The first kappa shape index (κ1) is 15.4. The van der Waals surface area contributed by atoms with E-state index < -0.39 is 5.60 Å². The quantitative estimate of drug-likeness (QED) is 0.842. The Labute approximate surface area is 134 Å². The molecule has 1 atom stereocenters. The maximum Gasteiger partial charge on any atom is 0.271 e. The van der Waals surface area contributed by atoms with E-state index in [9.17, 15) is 9.90 Å². The van der Waals surface area contributed by atoms with E-state index >= 15 is 0 Å². The van der Waals surface area contributed by atoms with Crippen LogP contribution < -0.4 is 4.90 Å². The zero-order valence-corrected chi connectivity index (χ0v) is 13.0. The van der Waals surface area contributed by atoms with Gasteiger partial charge in [0, 0.05) is 32.5 Å². The molecule has 0 aromatic carbocycles. The molecular formula is C15H20N6O2. The summed E-state index contributed by atoms with van der Waals surface area (Å²) in [5, 5.41) is 10.9. The van der Waals surface area contributed by atoms with Crippen molar-refractivity contribution < 1.29 is 9.90 Å². The number of β-amino-alcohol motifs (C(OH)–C–C–N with tert-alkyl or cyclic N) is 1. The average molecular weight is 316 g/mol. The summed E-state index contributed by atoms with van der Waals surface area (Å²) in [5.41, 5.74) is -0.557. The largest absolute Gasteiger partial charge is 0.386 e. The number of aromatic nitrogens is 4. The minimum Gasteiger partial charge on any atom is -0.386 e. The highest BCUT2D eigenvalue weighted by Gasteiger charge is 2.36. The molecule has 122 valence electrons. The molecule has 1 amide bonds. The van der Waals surface area contributed by atoms with Crippen LogP contribution in [0.5, 0.6) is 0 Å². The number of carbonyl (C=O) groups is 1. The maximum absolute atomic E-state index is 12.3. The number of likely N-dealkylation sites (N-methyl/N-ethyl adjacent to an activating group) is 1. The Morgan fingerprint density at radius 2 is 2.30 bits per heavy atom. The third-order valence-electron chi connectivity index (χ3n) is 4.04. The minimum atomic E-state index is -0.972. The zero-order valence-electron chi connectivity index (χ0n) is 13.0. The van der Waals surface area contributed by atoms with Crippen LogP contribution >= 0.6 is 0 Å². The fourth-order valence-corrected chi connectivity index (χ4v) is 2.98. The monoisotopic (exact) mass is 316 g/mol. The Bertz CT molecular complexity index is 647. The van der Waals surface area contributed by atoms with Crippen LogP contribution in [0.3, 0.4) is 0 Å². The summed E-state index contributed by atoms with van der Waals surface area (Å²) in [6.07, 6.45) is 9.36. The van der Waals surface area contributed by atoms with E-state index in [1.807, 2.05) is 4.90 Å². The van der Waals surface area contributed by atoms with E-state index in [0.717, 1.165) is 18.8 Å². The second-order valence-electron chi connectivity index (χ2n) is 5.94. The lowest BCUT2D eigenvalue weighted by Gasteiger charge is -2.41. The standard InChI is InChI=1S/C15H20N6O2/c1-20(14(22)12-7-17-11-19-12)9-15(23)3-2-6-21(10-15)13-8-16-4-5-18-13/h4-5,7-8,11,23H,2-3,6,9-10H2,1H3,(H,17,19)/t15-/m1/s1. The number of amides is 1. The number of anilines is 1. The number of piperidine rings is 1. The van der Waals surface area contributed by atoms with Crippen LogP contribution in [0, 0.1) is 0 Å². The smallest absolute Gasteiger partial charge is 0.271 e. The maximum atomic E-state index is 12.3. The fraction of sp³-hybridized carbons (Fsp3) is 0.467. The Morgan fingerprint density at radius 1 is 1.43 bits per heavy atom. The van der Waals surface area contributed by atoms with E-state index in [0.29, 0.717) is 18.7 Å². The molecule has 8 heteroatoms. The molecule has 0 unspecified atom stereocenters. The molecule has 0 bridgehead atoms. The summed E-state index contributed by atoms with van der Waals surface area (Å²) in [5.74, 6) is 0.556. The highest BCUT2D eigenvalue weighted by atomic mass is 16.3. The molecule has 3 rings (SSSR count). The summed E-state index contributed by atoms with van der Waals surface area (Å²) >= 11 is 0. The predicted octanol–water partition coefficient (Wildman–Crippen LogP) is 0.303. The number of imidazole rings is 1. The van der Waals surface area contributed by atoms with Gasteiger partial charge in [-0.2, -0.15) is 0 Å². The van der Waals surface area contributed by atoms with Gasteiger partial charge in [-0.15, -0.1) is 0 Å². The van der Waals surface area contributed by atoms with Gasteiger partial charge in [-0.1, -0.05) is 0 Å². The summed E-state index contributed by atoms with van der Waals surface area (Å²) in [7, 11) is 1.68. The van der Waals surface area contributed by atoms with Crippen LogP contribution in [0.2, 0.25) is 0 Å². The van der Waals surface area contributed by atoms with Gasteiger partial charge in [0.05, 0.1) is 30.9 Å². The van der Waals surface area contributed by atoms with Crippen molar-refractivity contribution in [1.82, 2.24) is 24.8 Å². The summed E-state index contributed by atoms with van der Waals surface area (Å²) in [4.78, 5) is 30.8. The van der Waals surface area contributed by atoms with Crippen molar-refractivity contribution in [3.8, 4) is 0 Å². The minimum absolute atomic E-state index is 0.187. The highest BCUT2D eigenvalue weighted by Crippen LogP contribution is 2.25. The second-order valence-corrected chi connectivity index (χ2v) is 5.94. The predicted molar refractivity (Wildman–Crippen MR) is 84.0 cm³/mol. The van der Waals surface area contributed by atoms with Gasteiger partial charge in [0.1, 0.15) is 11.5 Å². The van der Waals surface area contributed by atoms with Gasteiger partial charge in [0.25, 0.3) is 5.91 Å². The molecule has 0 aliphatic carbocycles. The summed E-state index contributed by atoms with van der Waals surface area (Å²) in [6.45, 7) is 1.49.